The first-order chi connectivity index (χ1) is 10.7. The van der Waals surface area contributed by atoms with Gasteiger partial charge in [0.2, 0.25) is 0 Å². The molecule has 2 aromatic rings. The average Bonchev–Trinajstić information content (AvgIpc) is 2.59. The van der Waals surface area contributed by atoms with E-state index >= 15 is 0 Å². The van der Waals surface area contributed by atoms with Crippen molar-refractivity contribution in [1.29, 1.82) is 0 Å². The molecular formula is C20H25NO. The van der Waals surface area contributed by atoms with Crippen molar-refractivity contribution in [1.82, 2.24) is 0 Å². The summed E-state index contributed by atoms with van der Waals surface area (Å²) in [5, 5.41) is 0. The predicted molar refractivity (Wildman–Crippen MR) is 94.2 cm³/mol. The maximum Gasteiger partial charge on any atom is 0.127 e. The SMILES string of the molecule is CCc1ccc(C(C)N=Cc2ccccc2OC)c(CC)c1. The van der Waals surface area contributed by atoms with Crippen LogP contribution in [-0.4, -0.2) is 13.3 Å². The van der Waals surface area contributed by atoms with Crippen molar-refractivity contribution >= 4 is 6.21 Å². The van der Waals surface area contributed by atoms with Gasteiger partial charge in [-0.15, -0.1) is 0 Å². The van der Waals surface area contributed by atoms with Gasteiger partial charge >= 0.3 is 0 Å². The number of benzene rings is 2. The zero-order valence-corrected chi connectivity index (χ0v) is 14.0. The van der Waals surface area contributed by atoms with E-state index in [0.29, 0.717) is 0 Å². The third kappa shape index (κ3) is 3.76. The molecule has 0 aliphatic rings. The van der Waals surface area contributed by atoms with Gasteiger partial charge in [-0.3, -0.25) is 4.99 Å². The highest BCUT2D eigenvalue weighted by atomic mass is 16.5. The Morgan fingerprint density at radius 2 is 1.86 bits per heavy atom. The molecule has 1 unspecified atom stereocenters. The Bertz CT molecular complexity index is 646. The van der Waals surface area contributed by atoms with Crippen LogP contribution in [0.5, 0.6) is 5.75 Å². The van der Waals surface area contributed by atoms with Crippen molar-refractivity contribution in [2.24, 2.45) is 4.99 Å². The number of hydrogen-bond donors (Lipinski definition) is 0. The molecule has 0 bridgehead atoms. The van der Waals surface area contributed by atoms with E-state index in [1.807, 2.05) is 30.5 Å². The lowest BCUT2D eigenvalue weighted by Gasteiger charge is -2.14. The highest BCUT2D eigenvalue weighted by molar-refractivity contribution is 5.83. The fourth-order valence-corrected chi connectivity index (χ4v) is 2.64. The van der Waals surface area contributed by atoms with E-state index < -0.39 is 0 Å². The van der Waals surface area contributed by atoms with E-state index in [9.17, 15) is 0 Å². The van der Waals surface area contributed by atoms with Gasteiger partial charge in [0.25, 0.3) is 0 Å². The summed E-state index contributed by atoms with van der Waals surface area (Å²) in [5.74, 6) is 0.857. The average molecular weight is 295 g/mol. The first-order valence-corrected chi connectivity index (χ1v) is 7.97. The van der Waals surface area contributed by atoms with E-state index in [1.54, 1.807) is 7.11 Å². The maximum atomic E-state index is 5.37. The number of nitrogens with zero attached hydrogens (tertiary/aromatic N) is 1. The number of ether oxygens (including phenoxy) is 1. The number of rotatable bonds is 6. The summed E-state index contributed by atoms with van der Waals surface area (Å²) in [7, 11) is 1.69. The highest BCUT2D eigenvalue weighted by Gasteiger charge is 2.09. The Labute approximate surface area is 133 Å². The zero-order chi connectivity index (χ0) is 15.9. The first kappa shape index (κ1) is 16.3. The van der Waals surface area contributed by atoms with Crippen LogP contribution in [0.4, 0.5) is 0 Å². The van der Waals surface area contributed by atoms with Crippen LogP contribution in [0.1, 0.15) is 49.1 Å². The van der Waals surface area contributed by atoms with Crippen molar-refractivity contribution in [3.05, 3.63) is 64.7 Å². The van der Waals surface area contributed by atoms with Crippen molar-refractivity contribution < 1.29 is 4.74 Å². The Morgan fingerprint density at radius 1 is 1.09 bits per heavy atom. The Kier molecular flexibility index (Phi) is 5.76. The minimum absolute atomic E-state index is 0.144. The van der Waals surface area contributed by atoms with E-state index in [2.05, 4.69) is 39.0 Å². The second-order valence-electron chi connectivity index (χ2n) is 5.44. The zero-order valence-electron chi connectivity index (χ0n) is 14.0. The molecule has 2 nitrogen and oxygen atoms in total. The van der Waals surface area contributed by atoms with E-state index in [0.717, 1.165) is 24.2 Å². The van der Waals surface area contributed by atoms with Gasteiger partial charge in [-0.2, -0.15) is 0 Å². The lowest BCUT2D eigenvalue weighted by atomic mass is 9.96. The molecule has 1 atom stereocenters. The second-order valence-corrected chi connectivity index (χ2v) is 5.44. The van der Waals surface area contributed by atoms with E-state index in [-0.39, 0.29) is 6.04 Å². The van der Waals surface area contributed by atoms with Crippen LogP contribution in [0, 0.1) is 0 Å². The van der Waals surface area contributed by atoms with Crippen LogP contribution in [0.25, 0.3) is 0 Å². The topological polar surface area (TPSA) is 21.6 Å². The molecular weight excluding hydrogens is 270 g/mol. The normalized spacial score (nSPS) is 12.5. The summed E-state index contributed by atoms with van der Waals surface area (Å²) >= 11 is 0. The number of hydrogen-bond acceptors (Lipinski definition) is 2. The number of aliphatic imine (C=N–C) groups is 1. The molecule has 0 saturated heterocycles. The highest BCUT2D eigenvalue weighted by Crippen LogP contribution is 2.24. The minimum atomic E-state index is 0.144. The molecule has 0 fully saturated rings. The Morgan fingerprint density at radius 3 is 2.55 bits per heavy atom. The van der Waals surface area contributed by atoms with Gasteiger partial charge in [-0.1, -0.05) is 44.2 Å². The second kappa shape index (κ2) is 7.79. The predicted octanol–water partition coefficient (Wildman–Crippen LogP) is 5.00. The lowest BCUT2D eigenvalue weighted by Crippen LogP contribution is -1.99. The van der Waals surface area contributed by atoms with Gasteiger partial charge in [0.05, 0.1) is 13.2 Å². The molecule has 2 aromatic carbocycles. The van der Waals surface area contributed by atoms with Crippen LogP contribution < -0.4 is 4.74 Å². The molecule has 2 rings (SSSR count). The van der Waals surface area contributed by atoms with Crippen molar-refractivity contribution in [2.45, 2.75) is 39.7 Å². The monoisotopic (exact) mass is 295 g/mol. The number of aryl methyl sites for hydroxylation is 2. The van der Waals surface area contributed by atoms with Crippen molar-refractivity contribution in [3.8, 4) is 5.75 Å². The van der Waals surface area contributed by atoms with Crippen LogP contribution in [0.2, 0.25) is 0 Å². The van der Waals surface area contributed by atoms with Crippen LogP contribution in [0.3, 0.4) is 0 Å². The van der Waals surface area contributed by atoms with Crippen molar-refractivity contribution in [3.63, 3.8) is 0 Å². The number of methoxy groups -OCH3 is 1. The van der Waals surface area contributed by atoms with Gasteiger partial charge in [0.15, 0.2) is 0 Å². The molecule has 0 aliphatic heterocycles. The quantitative estimate of drug-likeness (QED) is 0.687. The van der Waals surface area contributed by atoms with Crippen molar-refractivity contribution in [2.75, 3.05) is 7.11 Å². The number of para-hydroxylation sites is 1. The van der Waals surface area contributed by atoms with Crippen LogP contribution >= 0.6 is 0 Å². The third-order valence-electron chi connectivity index (χ3n) is 4.02. The standard InChI is InChI=1S/C20H25NO/c1-5-16-11-12-19(17(6-2)13-16)15(3)21-14-18-9-7-8-10-20(18)22-4/h7-15H,5-6H2,1-4H3. The fraction of sp³-hybridized carbons (Fsp3) is 0.350. The fourth-order valence-electron chi connectivity index (χ4n) is 2.64. The summed E-state index contributed by atoms with van der Waals surface area (Å²) in [4.78, 5) is 4.73. The lowest BCUT2D eigenvalue weighted by molar-refractivity contribution is 0.414. The molecule has 0 heterocycles. The molecule has 22 heavy (non-hydrogen) atoms. The Balaban J connectivity index is 2.25. The first-order valence-electron chi connectivity index (χ1n) is 7.97. The van der Waals surface area contributed by atoms with E-state index in [1.165, 1.54) is 16.7 Å². The van der Waals surface area contributed by atoms with Gasteiger partial charge in [-0.25, -0.2) is 0 Å². The van der Waals surface area contributed by atoms with E-state index in [4.69, 9.17) is 9.73 Å². The summed E-state index contributed by atoms with van der Waals surface area (Å²) in [6.07, 6.45) is 4.03. The molecule has 116 valence electrons. The summed E-state index contributed by atoms with van der Waals surface area (Å²) in [6.45, 7) is 6.54. The molecule has 0 N–H and O–H groups in total. The molecule has 0 radical (unpaired) electrons. The maximum absolute atomic E-state index is 5.37. The molecule has 0 amide bonds. The molecule has 0 aliphatic carbocycles. The van der Waals surface area contributed by atoms with Gasteiger partial charge in [-0.05, 0) is 48.6 Å². The van der Waals surface area contributed by atoms with Gasteiger partial charge in [0.1, 0.15) is 5.75 Å². The largest absolute Gasteiger partial charge is 0.496 e. The van der Waals surface area contributed by atoms with Crippen LogP contribution in [-0.2, 0) is 12.8 Å². The Hall–Kier alpha value is -2.09. The summed E-state index contributed by atoms with van der Waals surface area (Å²) in [6, 6.07) is 14.8. The molecule has 2 heteroatoms. The third-order valence-corrected chi connectivity index (χ3v) is 4.02. The van der Waals surface area contributed by atoms with Gasteiger partial charge < -0.3 is 4.74 Å². The smallest absolute Gasteiger partial charge is 0.127 e. The molecule has 0 aromatic heterocycles. The summed E-state index contributed by atoms with van der Waals surface area (Å²) < 4.78 is 5.37. The summed E-state index contributed by atoms with van der Waals surface area (Å²) in [5.41, 5.74) is 5.11. The van der Waals surface area contributed by atoms with Gasteiger partial charge in [0, 0.05) is 11.8 Å². The van der Waals surface area contributed by atoms with Crippen LogP contribution in [0.15, 0.2) is 47.5 Å². The minimum Gasteiger partial charge on any atom is -0.496 e. The molecule has 0 saturated carbocycles. The molecule has 0 spiro atoms.